The normalized spacial score (nSPS) is 12.1. The van der Waals surface area contributed by atoms with E-state index in [-0.39, 0.29) is 23.8 Å². The molecule has 180 valence electrons. The Hall–Kier alpha value is -3.02. The van der Waals surface area contributed by atoms with Gasteiger partial charge in [0.05, 0.1) is 7.11 Å². The number of nitrogens with zero attached hydrogens (tertiary/aromatic N) is 1. The van der Waals surface area contributed by atoms with E-state index in [0.717, 1.165) is 12.0 Å². The summed E-state index contributed by atoms with van der Waals surface area (Å²) < 4.78 is 11.1. The van der Waals surface area contributed by atoms with Gasteiger partial charge in [-0.2, -0.15) is 0 Å². The monoisotopic (exact) mass is 454 g/mol. The first-order chi connectivity index (χ1) is 15.7. The highest BCUT2D eigenvalue weighted by Gasteiger charge is 2.29. The number of carbonyl (C=O) groups excluding carboxylic acids is 2. The van der Waals surface area contributed by atoms with Crippen LogP contribution in [0.5, 0.6) is 11.5 Å². The van der Waals surface area contributed by atoms with Crippen molar-refractivity contribution in [1.82, 2.24) is 10.2 Å². The number of amides is 2. The highest BCUT2D eigenvalue weighted by atomic mass is 16.5. The maximum Gasteiger partial charge on any atom is 0.261 e. The van der Waals surface area contributed by atoms with Gasteiger partial charge in [-0.15, -0.1) is 0 Å². The zero-order valence-electron chi connectivity index (χ0n) is 20.8. The van der Waals surface area contributed by atoms with E-state index in [4.69, 9.17) is 9.47 Å². The summed E-state index contributed by atoms with van der Waals surface area (Å²) in [4.78, 5) is 27.7. The van der Waals surface area contributed by atoms with Crippen LogP contribution < -0.4 is 14.8 Å². The molecule has 0 aliphatic carbocycles. The number of hydrogen-bond donors (Lipinski definition) is 1. The SMILES string of the molecule is CCCNC(=O)[C@H](CC)N(Cc1cccc(OC)c1)C(=O)COc1ccc(C(C)(C)C)cc1. The van der Waals surface area contributed by atoms with Crippen LogP contribution in [0.1, 0.15) is 58.6 Å². The number of ether oxygens (including phenoxy) is 2. The van der Waals surface area contributed by atoms with Crippen molar-refractivity contribution in [1.29, 1.82) is 0 Å². The minimum absolute atomic E-state index is 0.0437. The van der Waals surface area contributed by atoms with E-state index in [1.54, 1.807) is 12.0 Å². The van der Waals surface area contributed by atoms with E-state index in [1.807, 2.05) is 62.4 Å². The van der Waals surface area contributed by atoms with E-state index in [1.165, 1.54) is 5.56 Å². The Kier molecular flexibility index (Phi) is 9.76. The van der Waals surface area contributed by atoms with Crippen LogP contribution in [0.25, 0.3) is 0 Å². The van der Waals surface area contributed by atoms with Gasteiger partial charge in [0, 0.05) is 13.1 Å². The van der Waals surface area contributed by atoms with Crippen LogP contribution in [0.15, 0.2) is 48.5 Å². The number of hydrogen-bond acceptors (Lipinski definition) is 4. The molecule has 0 bridgehead atoms. The lowest BCUT2D eigenvalue weighted by molar-refractivity contribution is -0.143. The average Bonchev–Trinajstić information content (AvgIpc) is 2.80. The molecular formula is C27H38N2O4. The second-order valence-corrected chi connectivity index (χ2v) is 9.15. The second kappa shape index (κ2) is 12.3. The Labute approximate surface area is 198 Å². The molecule has 0 radical (unpaired) electrons. The van der Waals surface area contributed by atoms with Crippen molar-refractivity contribution in [3.63, 3.8) is 0 Å². The summed E-state index contributed by atoms with van der Waals surface area (Å²) in [6.45, 7) is 11.1. The van der Waals surface area contributed by atoms with Gasteiger partial charge < -0.3 is 19.7 Å². The topological polar surface area (TPSA) is 67.9 Å². The van der Waals surface area contributed by atoms with Gasteiger partial charge >= 0.3 is 0 Å². The largest absolute Gasteiger partial charge is 0.497 e. The third-order valence-electron chi connectivity index (χ3n) is 5.50. The lowest BCUT2D eigenvalue weighted by atomic mass is 9.87. The Bertz CT molecular complexity index is 903. The van der Waals surface area contributed by atoms with Crippen LogP contribution in [0.2, 0.25) is 0 Å². The summed E-state index contributed by atoms with van der Waals surface area (Å²) in [6.07, 6.45) is 1.34. The van der Waals surface area contributed by atoms with Gasteiger partial charge in [-0.1, -0.05) is 58.9 Å². The van der Waals surface area contributed by atoms with Crippen molar-refractivity contribution in [3.8, 4) is 11.5 Å². The van der Waals surface area contributed by atoms with Crippen LogP contribution in [0, 0.1) is 0 Å². The number of nitrogens with one attached hydrogen (secondary N) is 1. The molecule has 1 atom stereocenters. The lowest BCUT2D eigenvalue weighted by Crippen LogP contribution is -2.50. The summed E-state index contributed by atoms with van der Waals surface area (Å²) in [5.41, 5.74) is 2.13. The van der Waals surface area contributed by atoms with Gasteiger partial charge in [-0.3, -0.25) is 9.59 Å². The van der Waals surface area contributed by atoms with Crippen molar-refractivity contribution in [2.45, 2.75) is 65.5 Å². The smallest absolute Gasteiger partial charge is 0.261 e. The Morgan fingerprint density at radius 3 is 2.30 bits per heavy atom. The molecule has 0 aliphatic heterocycles. The molecule has 33 heavy (non-hydrogen) atoms. The predicted octanol–water partition coefficient (Wildman–Crippen LogP) is 4.71. The van der Waals surface area contributed by atoms with Crippen molar-refractivity contribution in [3.05, 3.63) is 59.7 Å². The number of carbonyl (C=O) groups is 2. The van der Waals surface area contributed by atoms with Crippen LogP contribution in [0.4, 0.5) is 0 Å². The van der Waals surface area contributed by atoms with Gasteiger partial charge in [-0.25, -0.2) is 0 Å². The third kappa shape index (κ3) is 7.81. The zero-order chi connectivity index (χ0) is 24.4. The molecular weight excluding hydrogens is 416 g/mol. The number of benzene rings is 2. The first-order valence-corrected chi connectivity index (χ1v) is 11.6. The first kappa shape index (κ1) is 26.2. The van der Waals surface area contributed by atoms with E-state index in [2.05, 4.69) is 26.1 Å². The number of rotatable bonds is 11. The van der Waals surface area contributed by atoms with Gasteiger partial charge in [0.25, 0.3) is 5.91 Å². The minimum atomic E-state index is -0.581. The highest BCUT2D eigenvalue weighted by Crippen LogP contribution is 2.24. The molecule has 0 aliphatic rings. The maximum atomic E-state index is 13.3. The molecule has 2 amide bonds. The van der Waals surface area contributed by atoms with Crippen molar-refractivity contribution >= 4 is 11.8 Å². The third-order valence-corrected chi connectivity index (χ3v) is 5.50. The van der Waals surface area contributed by atoms with Crippen LogP contribution in [-0.2, 0) is 21.5 Å². The lowest BCUT2D eigenvalue weighted by Gasteiger charge is -2.30. The summed E-state index contributed by atoms with van der Waals surface area (Å²) in [5, 5.41) is 2.92. The molecule has 0 saturated carbocycles. The van der Waals surface area contributed by atoms with Gasteiger partial charge in [0.1, 0.15) is 17.5 Å². The summed E-state index contributed by atoms with van der Waals surface area (Å²) in [6, 6.07) is 14.7. The van der Waals surface area contributed by atoms with Gasteiger partial charge in [0.2, 0.25) is 5.91 Å². The number of methoxy groups -OCH3 is 1. The highest BCUT2D eigenvalue weighted by molar-refractivity contribution is 5.88. The maximum absolute atomic E-state index is 13.3. The molecule has 2 aromatic rings. The van der Waals surface area contributed by atoms with E-state index < -0.39 is 6.04 Å². The Morgan fingerprint density at radius 2 is 1.73 bits per heavy atom. The molecule has 0 heterocycles. The summed E-state index contributed by atoms with van der Waals surface area (Å²) >= 11 is 0. The predicted molar refractivity (Wildman–Crippen MR) is 132 cm³/mol. The molecule has 0 unspecified atom stereocenters. The molecule has 1 N–H and O–H groups in total. The van der Waals surface area contributed by atoms with E-state index in [9.17, 15) is 9.59 Å². The first-order valence-electron chi connectivity index (χ1n) is 11.6. The molecule has 0 fully saturated rings. The van der Waals surface area contributed by atoms with Crippen molar-refractivity contribution in [2.75, 3.05) is 20.3 Å². The molecule has 6 heteroatoms. The molecule has 0 spiro atoms. The van der Waals surface area contributed by atoms with Crippen molar-refractivity contribution in [2.24, 2.45) is 0 Å². The fourth-order valence-corrected chi connectivity index (χ4v) is 3.53. The Morgan fingerprint density at radius 1 is 1.03 bits per heavy atom. The van der Waals surface area contributed by atoms with E-state index >= 15 is 0 Å². The summed E-state index contributed by atoms with van der Waals surface area (Å²) in [5.74, 6) is 0.945. The van der Waals surface area contributed by atoms with Crippen molar-refractivity contribution < 1.29 is 19.1 Å². The minimum Gasteiger partial charge on any atom is -0.497 e. The van der Waals surface area contributed by atoms with Gasteiger partial charge in [-0.05, 0) is 53.6 Å². The second-order valence-electron chi connectivity index (χ2n) is 9.15. The molecule has 2 rings (SSSR count). The van der Waals surface area contributed by atoms with Gasteiger partial charge in [0.15, 0.2) is 6.61 Å². The average molecular weight is 455 g/mol. The standard InChI is InChI=1S/C27H38N2O4/c1-7-16-28-26(31)24(8-2)29(18-20-10-9-11-23(17-20)32-6)25(30)19-33-22-14-12-21(13-15-22)27(3,4)5/h9-15,17,24H,7-8,16,18-19H2,1-6H3,(H,28,31)/t24-/m0/s1. The van der Waals surface area contributed by atoms with Crippen LogP contribution >= 0.6 is 0 Å². The Balaban J connectivity index is 2.19. The molecule has 2 aromatic carbocycles. The van der Waals surface area contributed by atoms with Crippen LogP contribution in [-0.4, -0.2) is 43.0 Å². The fourth-order valence-electron chi connectivity index (χ4n) is 3.53. The molecule has 6 nitrogen and oxygen atoms in total. The fraction of sp³-hybridized carbons (Fsp3) is 0.481. The van der Waals surface area contributed by atoms with E-state index in [0.29, 0.717) is 31.0 Å². The zero-order valence-corrected chi connectivity index (χ0v) is 20.8. The molecule has 0 aromatic heterocycles. The summed E-state index contributed by atoms with van der Waals surface area (Å²) in [7, 11) is 1.61. The molecule has 0 saturated heterocycles. The van der Waals surface area contributed by atoms with Crippen LogP contribution in [0.3, 0.4) is 0 Å². The quantitative estimate of drug-likeness (QED) is 0.534.